The van der Waals surface area contributed by atoms with Crippen LogP contribution in [0.5, 0.6) is 11.5 Å². The number of ether oxygens (including phenoxy) is 2. The van der Waals surface area contributed by atoms with Gasteiger partial charge in [0.1, 0.15) is 11.5 Å². The van der Waals surface area contributed by atoms with E-state index in [1.165, 1.54) is 0 Å². The molecule has 0 spiro atoms. The topological polar surface area (TPSA) is 83.1 Å². The van der Waals surface area contributed by atoms with Crippen LogP contribution in [0.1, 0.15) is 21.5 Å². The van der Waals surface area contributed by atoms with Crippen LogP contribution in [0, 0.1) is 22.7 Å². The molecule has 28 heavy (non-hydrogen) atoms. The van der Waals surface area contributed by atoms with Gasteiger partial charge in [-0.25, -0.2) is 0 Å². The fourth-order valence-electron chi connectivity index (χ4n) is 2.70. The first-order valence-corrected chi connectivity index (χ1v) is 8.49. The van der Waals surface area contributed by atoms with Gasteiger partial charge in [-0.3, -0.25) is 4.79 Å². The van der Waals surface area contributed by atoms with Crippen LogP contribution >= 0.6 is 0 Å². The summed E-state index contributed by atoms with van der Waals surface area (Å²) in [5.41, 5.74) is 2.96. The zero-order valence-electron chi connectivity index (χ0n) is 15.2. The number of ketones is 1. The summed E-state index contributed by atoms with van der Waals surface area (Å²) < 4.78 is 11.0. The van der Waals surface area contributed by atoms with E-state index in [0.717, 1.165) is 5.56 Å². The molecule has 0 atom stereocenters. The van der Waals surface area contributed by atoms with E-state index in [2.05, 4.69) is 6.07 Å². The van der Waals surface area contributed by atoms with Crippen LogP contribution < -0.4 is 9.47 Å². The number of nitrogens with zero attached hydrogens (tertiary/aromatic N) is 2. The Bertz CT molecular complexity index is 1090. The maximum Gasteiger partial charge on any atom is 0.200 e. The summed E-state index contributed by atoms with van der Waals surface area (Å²) in [6.45, 7) is -0.158. The molecule has 3 aromatic rings. The lowest BCUT2D eigenvalue weighted by atomic mass is 10.0. The lowest BCUT2D eigenvalue weighted by molar-refractivity contribution is 0.0922. The number of Topliss-reactive ketones (excluding diaryl/α,β-unsaturated/α-hetero) is 1. The van der Waals surface area contributed by atoms with Crippen molar-refractivity contribution in [2.24, 2.45) is 0 Å². The highest BCUT2D eigenvalue weighted by atomic mass is 16.5. The summed E-state index contributed by atoms with van der Waals surface area (Å²) >= 11 is 0. The van der Waals surface area contributed by atoms with Crippen molar-refractivity contribution in [3.05, 3.63) is 83.4 Å². The number of benzene rings is 3. The van der Waals surface area contributed by atoms with Gasteiger partial charge in [0.2, 0.25) is 0 Å². The third-order valence-electron chi connectivity index (χ3n) is 4.18. The zero-order chi connectivity index (χ0) is 19.9. The number of carbonyl (C=O) groups excluding carboxylic acids is 1. The number of nitriles is 2. The first kappa shape index (κ1) is 18.7. The smallest absolute Gasteiger partial charge is 0.200 e. The van der Waals surface area contributed by atoms with Crippen LogP contribution in [-0.2, 0) is 0 Å². The van der Waals surface area contributed by atoms with E-state index in [1.54, 1.807) is 49.6 Å². The van der Waals surface area contributed by atoms with Crippen molar-refractivity contribution < 1.29 is 14.3 Å². The largest absolute Gasteiger partial charge is 0.497 e. The average molecular weight is 368 g/mol. The average Bonchev–Trinajstić information content (AvgIpc) is 2.77. The minimum Gasteiger partial charge on any atom is -0.497 e. The summed E-state index contributed by atoms with van der Waals surface area (Å²) in [5.74, 6) is 0.971. The quantitative estimate of drug-likeness (QED) is 0.603. The molecule has 0 saturated carbocycles. The van der Waals surface area contributed by atoms with E-state index < -0.39 is 0 Å². The molecule has 0 amide bonds. The van der Waals surface area contributed by atoms with Gasteiger partial charge in [-0.1, -0.05) is 12.1 Å². The van der Waals surface area contributed by atoms with Gasteiger partial charge in [0, 0.05) is 11.1 Å². The molecule has 3 aromatic carbocycles. The van der Waals surface area contributed by atoms with Crippen LogP contribution in [0.25, 0.3) is 11.1 Å². The molecule has 0 aliphatic heterocycles. The fourth-order valence-corrected chi connectivity index (χ4v) is 2.70. The predicted octanol–water partition coefficient (Wildman–Crippen LogP) is 4.37. The molecule has 5 nitrogen and oxygen atoms in total. The van der Waals surface area contributed by atoms with Gasteiger partial charge < -0.3 is 9.47 Å². The fraction of sp³-hybridized carbons (Fsp3) is 0.0870. The van der Waals surface area contributed by atoms with Crippen molar-refractivity contribution in [3.8, 4) is 34.8 Å². The Hall–Kier alpha value is -4.09. The van der Waals surface area contributed by atoms with Crippen LogP contribution in [-0.4, -0.2) is 19.5 Å². The number of hydrogen-bond donors (Lipinski definition) is 0. The number of carbonyl (C=O) groups is 1. The van der Waals surface area contributed by atoms with Gasteiger partial charge in [-0.15, -0.1) is 0 Å². The molecule has 0 saturated heterocycles. The standard InChI is InChI=1S/C23H16N2O3/c1-27-20-4-2-3-19(12-20)21-11-17(14-25)7-10-23(21)28-15-22(26)18-8-5-16(13-24)6-9-18/h2-12H,15H2,1H3. The van der Waals surface area contributed by atoms with Crippen LogP contribution in [0.2, 0.25) is 0 Å². The summed E-state index contributed by atoms with van der Waals surface area (Å²) in [7, 11) is 1.58. The molecule has 0 N–H and O–H groups in total. The summed E-state index contributed by atoms with van der Waals surface area (Å²) in [4.78, 5) is 12.4. The monoisotopic (exact) mass is 368 g/mol. The van der Waals surface area contributed by atoms with Crippen molar-refractivity contribution in [2.45, 2.75) is 0 Å². The van der Waals surface area contributed by atoms with E-state index in [9.17, 15) is 10.1 Å². The van der Waals surface area contributed by atoms with Gasteiger partial charge in [-0.05, 0) is 60.2 Å². The highest BCUT2D eigenvalue weighted by Gasteiger charge is 2.12. The molecule has 0 aromatic heterocycles. The molecule has 0 radical (unpaired) electrons. The number of methoxy groups -OCH3 is 1. The summed E-state index contributed by atoms with van der Waals surface area (Å²) in [5, 5.41) is 18.1. The highest BCUT2D eigenvalue weighted by Crippen LogP contribution is 2.33. The first-order valence-electron chi connectivity index (χ1n) is 8.49. The lowest BCUT2D eigenvalue weighted by Crippen LogP contribution is -2.12. The van der Waals surface area contributed by atoms with Crippen LogP contribution in [0.3, 0.4) is 0 Å². The third-order valence-corrected chi connectivity index (χ3v) is 4.18. The van der Waals surface area contributed by atoms with Crippen molar-refractivity contribution in [1.82, 2.24) is 0 Å². The second-order valence-electron chi connectivity index (χ2n) is 5.96. The molecular formula is C23H16N2O3. The van der Waals surface area contributed by atoms with Crippen LogP contribution in [0.4, 0.5) is 0 Å². The van der Waals surface area contributed by atoms with Crippen molar-refractivity contribution in [2.75, 3.05) is 13.7 Å². The Morgan fingerprint density at radius 3 is 2.32 bits per heavy atom. The van der Waals surface area contributed by atoms with Gasteiger partial charge in [0.25, 0.3) is 0 Å². The van der Waals surface area contributed by atoms with Crippen molar-refractivity contribution in [1.29, 1.82) is 10.5 Å². The van der Waals surface area contributed by atoms with Crippen molar-refractivity contribution in [3.63, 3.8) is 0 Å². The summed E-state index contributed by atoms with van der Waals surface area (Å²) in [6, 6.07) is 23.0. The Labute approximate surface area is 163 Å². The third kappa shape index (κ3) is 4.17. The Morgan fingerprint density at radius 2 is 1.64 bits per heavy atom. The Balaban J connectivity index is 1.86. The Kier molecular flexibility index (Phi) is 5.69. The number of hydrogen-bond acceptors (Lipinski definition) is 5. The van der Waals surface area contributed by atoms with E-state index in [1.807, 2.05) is 30.3 Å². The number of rotatable bonds is 6. The van der Waals surface area contributed by atoms with Gasteiger partial charge in [-0.2, -0.15) is 10.5 Å². The molecular weight excluding hydrogens is 352 g/mol. The molecule has 0 fully saturated rings. The molecule has 3 rings (SSSR count). The molecule has 5 heteroatoms. The second kappa shape index (κ2) is 8.53. The van der Waals surface area contributed by atoms with Crippen LogP contribution in [0.15, 0.2) is 66.7 Å². The van der Waals surface area contributed by atoms with E-state index in [-0.39, 0.29) is 12.4 Å². The van der Waals surface area contributed by atoms with E-state index in [0.29, 0.717) is 33.8 Å². The minimum absolute atomic E-state index is 0.158. The zero-order valence-corrected chi connectivity index (χ0v) is 15.2. The lowest BCUT2D eigenvalue weighted by Gasteiger charge is -2.13. The minimum atomic E-state index is -0.203. The maximum absolute atomic E-state index is 12.4. The normalized spacial score (nSPS) is 9.82. The Morgan fingerprint density at radius 1 is 0.929 bits per heavy atom. The summed E-state index contributed by atoms with van der Waals surface area (Å²) in [6.07, 6.45) is 0. The predicted molar refractivity (Wildman–Crippen MR) is 104 cm³/mol. The molecule has 0 aliphatic rings. The SMILES string of the molecule is COc1cccc(-c2cc(C#N)ccc2OCC(=O)c2ccc(C#N)cc2)c1. The van der Waals surface area contributed by atoms with Gasteiger partial charge in [0.15, 0.2) is 12.4 Å². The highest BCUT2D eigenvalue weighted by molar-refractivity contribution is 5.97. The molecule has 136 valence electrons. The van der Waals surface area contributed by atoms with Crippen molar-refractivity contribution >= 4 is 5.78 Å². The molecule has 0 heterocycles. The van der Waals surface area contributed by atoms with E-state index >= 15 is 0 Å². The second-order valence-corrected chi connectivity index (χ2v) is 5.96. The van der Waals surface area contributed by atoms with Gasteiger partial charge in [0.05, 0.1) is 30.4 Å². The molecule has 0 unspecified atom stereocenters. The molecule has 0 bridgehead atoms. The first-order chi connectivity index (χ1) is 13.6. The molecule has 0 aliphatic carbocycles. The maximum atomic E-state index is 12.4. The van der Waals surface area contributed by atoms with Gasteiger partial charge >= 0.3 is 0 Å². The van der Waals surface area contributed by atoms with E-state index in [4.69, 9.17) is 14.7 Å².